The monoisotopic (exact) mass is 380 g/mol. The third-order valence-electron chi connectivity index (χ3n) is 4.22. The van der Waals surface area contributed by atoms with E-state index in [-0.39, 0.29) is 29.2 Å². The molecule has 0 radical (unpaired) electrons. The van der Waals surface area contributed by atoms with Crippen LogP contribution in [0, 0.1) is 18.6 Å². The van der Waals surface area contributed by atoms with Crippen LogP contribution in [0.3, 0.4) is 0 Å². The van der Waals surface area contributed by atoms with Gasteiger partial charge in [0.1, 0.15) is 23.4 Å². The lowest BCUT2D eigenvalue weighted by Gasteiger charge is -2.29. The van der Waals surface area contributed by atoms with Crippen molar-refractivity contribution in [3.63, 3.8) is 0 Å². The molecule has 9 heteroatoms. The lowest BCUT2D eigenvalue weighted by atomic mass is 9.94. The second-order valence-electron chi connectivity index (χ2n) is 6.29. The highest BCUT2D eigenvalue weighted by Crippen LogP contribution is 2.42. The van der Waals surface area contributed by atoms with Gasteiger partial charge in [-0.3, -0.25) is 9.79 Å². The Labute approximate surface area is 152 Å². The zero-order valence-electron chi connectivity index (χ0n) is 14.3. The Morgan fingerprint density at radius 3 is 2.74 bits per heavy atom. The van der Waals surface area contributed by atoms with Gasteiger partial charge < -0.3 is 11.1 Å². The molecule has 1 aromatic carbocycles. The molecular formula is C18H16F4N4O. The molecule has 2 aromatic rings. The Hall–Kier alpha value is -2.97. The van der Waals surface area contributed by atoms with Gasteiger partial charge in [0.2, 0.25) is 0 Å². The predicted octanol–water partition coefficient (Wildman–Crippen LogP) is 3.75. The fourth-order valence-corrected chi connectivity index (χ4v) is 2.85. The van der Waals surface area contributed by atoms with Crippen LogP contribution in [0.25, 0.3) is 0 Å². The molecule has 0 saturated carbocycles. The Morgan fingerprint density at radius 2 is 2.04 bits per heavy atom. The number of aliphatic imine (C=N–C) groups is 1. The van der Waals surface area contributed by atoms with Gasteiger partial charge in [-0.25, -0.2) is 22.5 Å². The number of benzene rings is 1. The van der Waals surface area contributed by atoms with Gasteiger partial charge >= 0.3 is 0 Å². The molecule has 0 fully saturated rings. The SMILES string of the molecule is Cc1cc(F)cnc1C(=O)Nc1ccc(F)c(C2N=C(N)CCC2(F)F)c1. The van der Waals surface area contributed by atoms with Crippen LogP contribution in [-0.4, -0.2) is 22.6 Å². The molecule has 1 aliphatic heterocycles. The Morgan fingerprint density at radius 1 is 1.30 bits per heavy atom. The maximum Gasteiger partial charge on any atom is 0.274 e. The fraction of sp³-hybridized carbons (Fsp3) is 0.278. The van der Waals surface area contributed by atoms with E-state index in [0.29, 0.717) is 5.56 Å². The van der Waals surface area contributed by atoms with Gasteiger partial charge in [0, 0.05) is 24.1 Å². The molecule has 0 saturated heterocycles. The molecular weight excluding hydrogens is 364 g/mol. The van der Waals surface area contributed by atoms with Gasteiger partial charge in [-0.1, -0.05) is 0 Å². The molecule has 1 aliphatic rings. The van der Waals surface area contributed by atoms with Crippen LogP contribution in [0.2, 0.25) is 0 Å². The number of carbonyl (C=O) groups is 1. The van der Waals surface area contributed by atoms with Crippen LogP contribution >= 0.6 is 0 Å². The zero-order valence-corrected chi connectivity index (χ0v) is 14.3. The lowest BCUT2D eigenvalue weighted by Crippen LogP contribution is -2.34. The zero-order chi connectivity index (χ0) is 19.8. The van der Waals surface area contributed by atoms with Crippen molar-refractivity contribution in [2.24, 2.45) is 10.7 Å². The summed E-state index contributed by atoms with van der Waals surface area (Å²) >= 11 is 0. The smallest absolute Gasteiger partial charge is 0.274 e. The maximum atomic E-state index is 14.2. The Balaban J connectivity index is 1.91. The number of pyridine rings is 1. The van der Waals surface area contributed by atoms with E-state index in [1.165, 1.54) is 13.0 Å². The van der Waals surface area contributed by atoms with Crippen LogP contribution in [0.1, 0.15) is 40.5 Å². The summed E-state index contributed by atoms with van der Waals surface area (Å²) < 4.78 is 55.7. The van der Waals surface area contributed by atoms with Crippen LogP contribution < -0.4 is 11.1 Å². The van der Waals surface area contributed by atoms with Gasteiger partial charge in [-0.05, 0) is 36.8 Å². The number of carbonyl (C=O) groups excluding carboxylic acids is 1. The topological polar surface area (TPSA) is 80.4 Å². The lowest BCUT2D eigenvalue weighted by molar-refractivity contribution is -0.0370. The molecule has 0 aliphatic carbocycles. The van der Waals surface area contributed by atoms with E-state index in [1.807, 2.05) is 0 Å². The first-order valence-corrected chi connectivity index (χ1v) is 8.10. The summed E-state index contributed by atoms with van der Waals surface area (Å²) in [7, 11) is 0. The molecule has 142 valence electrons. The van der Waals surface area contributed by atoms with Crippen molar-refractivity contribution in [3.8, 4) is 0 Å². The van der Waals surface area contributed by atoms with Crippen molar-refractivity contribution in [3.05, 3.63) is 58.9 Å². The molecule has 3 N–H and O–H groups in total. The average molecular weight is 380 g/mol. The standard InChI is InChI=1S/C18H16F4N4O/c1-9-6-10(19)8-24-15(9)17(27)25-11-2-3-13(20)12(7-11)16-18(21,22)5-4-14(23)26-16/h2-3,6-8,16H,4-5H2,1H3,(H2,23,26)(H,25,27). The number of alkyl halides is 2. The van der Waals surface area contributed by atoms with E-state index in [0.717, 1.165) is 24.4 Å². The van der Waals surface area contributed by atoms with Crippen LogP contribution in [0.4, 0.5) is 23.2 Å². The van der Waals surface area contributed by atoms with Crippen molar-refractivity contribution in [2.45, 2.75) is 31.7 Å². The van der Waals surface area contributed by atoms with E-state index >= 15 is 0 Å². The fourth-order valence-electron chi connectivity index (χ4n) is 2.85. The van der Waals surface area contributed by atoms with Crippen LogP contribution in [0.5, 0.6) is 0 Å². The number of amides is 1. The average Bonchev–Trinajstić information content (AvgIpc) is 2.59. The number of halogens is 4. The summed E-state index contributed by atoms with van der Waals surface area (Å²) in [6.07, 6.45) is 0.275. The molecule has 1 unspecified atom stereocenters. The highest BCUT2D eigenvalue weighted by molar-refractivity contribution is 6.03. The number of amidine groups is 1. The Kier molecular flexibility index (Phi) is 4.86. The van der Waals surface area contributed by atoms with E-state index in [9.17, 15) is 22.4 Å². The second kappa shape index (κ2) is 6.98. The first-order chi connectivity index (χ1) is 12.7. The number of nitrogens with one attached hydrogen (secondary N) is 1. The molecule has 5 nitrogen and oxygen atoms in total. The number of rotatable bonds is 3. The van der Waals surface area contributed by atoms with Crippen LogP contribution in [0.15, 0.2) is 35.5 Å². The molecule has 1 amide bonds. The predicted molar refractivity (Wildman–Crippen MR) is 91.8 cm³/mol. The molecule has 0 spiro atoms. The highest BCUT2D eigenvalue weighted by atomic mass is 19.3. The highest BCUT2D eigenvalue weighted by Gasteiger charge is 2.44. The minimum absolute atomic E-state index is 0.0194. The molecule has 27 heavy (non-hydrogen) atoms. The number of hydrogen-bond acceptors (Lipinski definition) is 4. The van der Waals surface area contributed by atoms with E-state index < -0.39 is 35.9 Å². The van der Waals surface area contributed by atoms with Gasteiger partial charge in [-0.2, -0.15) is 0 Å². The number of anilines is 1. The molecule has 2 heterocycles. The third-order valence-corrected chi connectivity index (χ3v) is 4.22. The summed E-state index contributed by atoms with van der Waals surface area (Å²) in [5.41, 5.74) is 5.51. The molecule has 1 atom stereocenters. The summed E-state index contributed by atoms with van der Waals surface area (Å²) in [5, 5.41) is 2.45. The maximum absolute atomic E-state index is 14.2. The minimum atomic E-state index is -3.26. The van der Waals surface area contributed by atoms with Crippen LogP contribution in [-0.2, 0) is 0 Å². The van der Waals surface area contributed by atoms with Crippen molar-refractivity contribution in [2.75, 3.05) is 5.32 Å². The minimum Gasteiger partial charge on any atom is -0.387 e. The Bertz CT molecular complexity index is 930. The van der Waals surface area contributed by atoms with Gasteiger partial charge in [-0.15, -0.1) is 0 Å². The summed E-state index contributed by atoms with van der Waals surface area (Å²) in [6, 6.07) is 2.65. The van der Waals surface area contributed by atoms with Gasteiger partial charge in [0.25, 0.3) is 11.8 Å². The first kappa shape index (κ1) is 18.8. The third kappa shape index (κ3) is 3.91. The van der Waals surface area contributed by atoms with E-state index in [1.54, 1.807) is 0 Å². The van der Waals surface area contributed by atoms with Crippen molar-refractivity contribution < 1.29 is 22.4 Å². The van der Waals surface area contributed by atoms with Gasteiger partial charge in [0.05, 0.1) is 12.0 Å². The first-order valence-electron chi connectivity index (χ1n) is 8.10. The van der Waals surface area contributed by atoms with Gasteiger partial charge in [0.15, 0.2) is 0 Å². The number of aromatic nitrogens is 1. The molecule has 0 bridgehead atoms. The van der Waals surface area contributed by atoms with Crippen molar-refractivity contribution in [1.29, 1.82) is 0 Å². The molecule has 1 aromatic heterocycles. The quantitative estimate of drug-likeness (QED) is 0.796. The number of nitrogens with two attached hydrogens (primary N) is 1. The van der Waals surface area contributed by atoms with Crippen molar-refractivity contribution in [1.82, 2.24) is 4.98 Å². The molecule has 3 rings (SSSR count). The summed E-state index contributed by atoms with van der Waals surface area (Å²) in [5.74, 6) is -5.40. The summed E-state index contributed by atoms with van der Waals surface area (Å²) in [6.45, 7) is 1.50. The van der Waals surface area contributed by atoms with E-state index in [4.69, 9.17) is 5.73 Å². The number of hydrogen-bond donors (Lipinski definition) is 2. The van der Waals surface area contributed by atoms with Crippen molar-refractivity contribution >= 4 is 17.4 Å². The number of nitrogens with zero attached hydrogens (tertiary/aromatic N) is 2. The summed E-state index contributed by atoms with van der Waals surface area (Å²) in [4.78, 5) is 19.7. The van der Waals surface area contributed by atoms with E-state index in [2.05, 4.69) is 15.3 Å². The largest absolute Gasteiger partial charge is 0.387 e. The normalized spacial score (nSPS) is 18.7. The number of aryl methyl sites for hydroxylation is 1. The second-order valence-corrected chi connectivity index (χ2v) is 6.29.